The van der Waals surface area contributed by atoms with E-state index >= 15 is 0 Å². The maximum Gasteiger partial charge on any atom is 0.134 e. The lowest BCUT2D eigenvalue weighted by molar-refractivity contribution is 0.396. The van der Waals surface area contributed by atoms with Crippen LogP contribution in [0.2, 0.25) is 0 Å². The van der Waals surface area contributed by atoms with Gasteiger partial charge in [-0.05, 0) is 42.5 Å². The first-order valence-electron chi connectivity index (χ1n) is 6.35. The Labute approximate surface area is 123 Å². The van der Waals surface area contributed by atoms with Gasteiger partial charge in [-0.15, -0.1) is 11.3 Å². The van der Waals surface area contributed by atoms with Crippen LogP contribution in [0, 0.1) is 13.8 Å². The molecule has 0 aliphatic heterocycles. The molecule has 108 valence electrons. The Hall–Kier alpha value is -1.56. The van der Waals surface area contributed by atoms with Crippen molar-refractivity contribution in [2.45, 2.75) is 19.9 Å². The van der Waals surface area contributed by atoms with Crippen molar-refractivity contribution in [1.29, 1.82) is 0 Å². The van der Waals surface area contributed by atoms with Gasteiger partial charge in [0, 0.05) is 5.56 Å². The van der Waals surface area contributed by atoms with Crippen molar-refractivity contribution in [3.8, 4) is 11.5 Å². The van der Waals surface area contributed by atoms with Crippen LogP contribution in [0.15, 0.2) is 23.6 Å². The van der Waals surface area contributed by atoms with Crippen molar-refractivity contribution in [2.75, 3.05) is 14.2 Å². The number of nitrogens with one attached hydrogen (secondary N) is 1. The lowest BCUT2D eigenvalue weighted by Gasteiger charge is -2.22. The number of hydrogen-bond donors (Lipinski definition) is 2. The van der Waals surface area contributed by atoms with Gasteiger partial charge in [0.2, 0.25) is 0 Å². The quantitative estimate of drug-likeness (QED) is 0.657. The molecule has 0 saturated carbocycles. The van der Waals surface area contributed by atoms with Crippen molar-refractivity contribution in [3.63, 3.8) is 0 Å². The third-order valence-electron chi connectivity index (χ3n) is 3.31. The highest BCUT2D eigenvalue weighted by atomic mass is 32.1. The molecule has 0 aliphatic rings. The summed E-state index contributed by atoms with van der Waals surface area (Å²) in [5.74, 6) is 7.46. The second-order valence-electron chi connectivity index (χ2n) is 4.65. The van der Waals surface area contributed by atoms with Crippen LogP contribution in [0.3, 0.4) is 0 Å². The predicted molar refractivity (Wildman–Crippen MR) is 82.5 cm³/mol. The average Bonchev–Trinajstić information content (AvgIpc) is 2.89. The van der Waals surface area contributed by atoms with Gasteiger partial charge < -0.3 is 9.47 Å². The summed E-state index contributed by atoms with van der Waals surface area (Å²) in [6.45, 7) is 4.12. The summed E-state index contributed by atoms with van der Waals surface area (Å²) < 4.78 is 10.9. The van der Waals surface area contributed by atoms with Gasteiger partial charge in [-0.2, -0.15) is 0 Å². The van der Waals surface area contributed by atoms with E-state index in [1.165, 1.54) is 0 Å². The van der Waals surface area contributed by atoms with Gasteiger partial charge in [0.1, 0.15) is 11.5 Å². The largest absolute Gasteiger partial charge is 0.496 e. The van der Waals surface area contributed by atoms with Crippen LogP contribution in [-0.4, -0.2) is 14.2 Å². The molecular weight excluding hydrogens is 272 g/mol. The summed E-state index contributed by atoms with van der Waals surface area (Å²) in [6.07, 6.45) is 0. The molecule has 1 heterocycles. The summed E-state index contributed by atoms with van der Waals surface area (Å²) >= 11 is 1.61. The highest BCUT2D eigenvalue weighted by Gasteiger charge is 2.23. The Kier molecular flexibility index (Phi) is 4.65. The molecular formula is C15H20N2O2S. The van der Waals surface area contributed by atoms with Crippen LogP contribution < -0.4 is 20.7 Å². The van der Waals surface area contributed by atoms with Gasteiger partial charge in [-0.1, -0.05) is 6.07 Å². The van der Waals surface area contributed by atoms with Crippen molar-refractivity contribution in [3.05, 3.63) is 45.1 Å². The first-order chi connectivity index (χ1) is 9.62. The minimum atomic E-state index is -0.152. The maximum atomic E-state index is 5.80. The lowest BCUT2D eigenvalue weighted by Crippen LogP contribution is -2.29. The molecule has 4 nitrogen and oxygen atoms in total. The predicted octanol–water partition coefficient (Wildman–Crippen LogP) is 2.93. The minimum Gasteiger partial charge on any atom is -0.496 e. The van der Waals surface area contributed by atoms with Crippen molar-refractivity contribution >= 4 is 11.3 Å². The second-order valence-corrected chi connectivity index (χ2v) is 5.60. The van der Waals surface area contributed by atoms with Crippen molar-refractivity contribution < 1.29 is 9.47 Å². The number of thiophene rings is 1. The van der Waals surface area contributed by atoms with E-state index in [1.807, 2.05) is 17.5 Å². The first kappa shape index (κ1) is 14.8. The number of hydrazine groups is 1. The molecule has 1 unspecified atom stereocenters. The van der Waals surface area contributed by atoms with Gasteiger partial charge >= 0.3 is 0 Å². The zero-order chi connectivity index (χ0) is 14.7. The van der Waals surface area contributed by atoms with Gasteiger partial charge in [0.15, 0.2) is 0 Å². The van der Waals surface area contributed by atoms with E-state index in [9.17, 15) is 0 Å². The minimum absolute atomic E-state index is 0.152. The molecule has 2 aromatic rings. The molecule has 2 rings (SSSR count). The van der Waals surface area contributed by atoms with E-state index in [0.717, 1.165) is 33.1 Å². The van der Waals surface area contributed by atoms with E-state index in [2.05, 4.69) is 25.3 Å². The molecule has 5 heteroatoms. The molecule has 1 atom stereocenters. The number of aryl methyl sites for hydroxylation is 2. The van der Waals surface area contributed by atoms with Gasteiger partial charge in [0.25, 0.3) is 0 Å². The Morgan fingerprint density at radius 3 is 2.45 bits per heavy atom. The molecule has 0 bridgehead atoms. The smallest absolute Gasteiger partial charge is 0.134 e. The fourth-order valence-corrected chi connectivity index (χ4v) is 3.38. The molecule has 1 aromatic heterocycles. The Bertz CT molecular complexity index is 596. The summed E-state index contributed by atoms with van der Waals surface area (Å²) in [4.78, 5) is 1.04. The molecule has 0 fully saturated rings. The normalized spacial score (nSPS) is 12.2. The summed E-state index contributed by atoms with van der Waals surface area (Å²) in [5, 5.41) is 1.99. The van der Waals surface area contributed by atoms with E-state index < -0.39 is 0 Å². The van der Waals surface area contributed by atoms with Gasteiger partial charge in [0.05, 0.1) is 25.1 Å². The zero-order valence-electron chi connectivity index (χ0n) is 12.2. The molecule has 0 aliphatic carbocycles. The molecule has 1 aromatic carbocycles. The SMILES string of the molecule is COc1ccsc1C(NN)c1c(C)cc(C)cc1OC. The number of ether oxygens (including phenoxy) is 2. The molecule has 20 heavy (non-hydrogen) atoms. The maximum absolute atomic E-state index is 5.80. The molecule has 0 saturated heterocycles. The Morgan fingerprint density at radius 2 is 1.85 bits per heavy atom. The highest BCUT2D eigenvalue weighted by molar-refractivity contribution is 7.10. The molecule has 3 N–H and O–H groups in total. The number of hydrogen-bond acceptors (Lipinski definition) is 5. The van der Waals surface area contributed by atoms with Crippen molar-refractivity contribution in [1.82, 2.24) is 5.43 Å². The van der Waals surface area contributed by atoms with E-state index in [4.69, 9.17) is 15.3 Å². The molecule has 0 amide bonds. The standard InChI is InChI=1S/C15H20N2O2S/c1-9-7-10(2)13(12(8-9)19-4)14(17-16)15-11(18-3)5-6-20-15/h5-8,14,17H,16H2,1-4H3. The topological polar surface area (TPSA) is 56.5 Å². The summed E-state index contributed by atoms with van der Waals surface area (Å²) in [5.41, 5.74) is 6.23. The van der Waals surface area contributed by atoms with Crippen LogP contribution in [0.5, 0.6) is 11.5 Å². The van der Waals surface area contributed by atoms with E-state index in [0.29, 0.717) is 0 Å². The lowest BCUT2D eigenvalue weighted by atomic mass is 9.97. The van der Waals surface area contributed by atoms with E-state index in [-0.39, 0.29) is 6.04 Å². The highest BCUT2D eigenvalue weighted by Crippen LogP contribution is 2.39. The molecule has 0 radical (unpaired) electrons. The van der Waals surface area contributed by atoms with Crippen LogP contribution >= 0.6 is 11.3 Å². The summed E-state index contributed by atoms with van der Waals surface area (Å²) in [6, 6.07) is 5.94. The zero-order valence-corrected chi connectivity index (χ0v) is 13.0. The summed E-state index contributed by atoms with van der Waals surface area (Å²) in [7, 11) is 3.34. The second kappa shape index (κ2) is 6.26. The van der Waals surface area contributed by atoms with Crippen LogP contribution in [-0.2, 0) is 0 Å². The third kappa shape index (κ3) is 2.65. The Balaban J connectivity index is 2.58. The van der Waals surface area contributed by atoms with Crippen LogP contribution in [0.1, 0.15) is 27.6 Å². The number of rotatable bonds is 5. The Morgan fingerprint density at radius 1 is 1.15 bits per heavy atom. The van der Waals surface area contributed by atoms with Crippen LogP contribution in [0.4, 0.5) is 0 Å². The first-order valence-corrected chi connectivity index (χ1v) is 7.23. The van der Waals surface area contributed by atoms with Gasteiger partial charge in [-0.3, -0.25) is 5.84 Å². The fraction of sp³-hybridized carbons (Fsp3) is 0.333. The van der Waals surface area contributed by atoms with Gasteiger partial charge in [-0.25, -0.2) is 5.43 Å². The number of benzene rings is 1. The monoisotopic (exact) mass is 292 g/mol. The fourth-order valence-electron chi connectivity index (χ4n) is 2.46. The van der Waals surface area contributed by atoms with Crippen LogP contribution in [0.25, 0.3) is 0 Å². The number of nitrogens with two attached hydrogens (primary N) is 1. The molecule has 0 spiro atoms. The third-order valence-corrected chi connectivity index (χ3v) is 4.27. The van der Waals surface area contributed by atoms with Crippen molar-refractivity contribution in [2.24, 2.45) is 5.84 Å². The average molecular weight is 292 g/mol. The van der Waals surface area contributed by atoms with E-state index in [1.54, 1.807) is 25.6 Å². The number of methoxy groups -OCH3 is 2.